The van der Waals surface area contributed by atoms with E-state index >= 15 is 0 Å². The van der Waals surface area contributed by atoms with E-state index < -0.39 is 0 Å². The first-order valence-electron chi connectivity index (χ1n) is 8.96. The third kappa shape index (κ3) is 8.80. The largest absolute Gasteiger partial charge is 0.308 e. The molecule has 5 nitrogen and oxygen atoms in total. The molecule has 1 N–H and O–H groups in total. The molecule has 0 fully saturated rings. The number of nitrogens with zero attached hydrogens (tertiary/aromatic N) is 3. The Hall–Kier alpha value is -1.39. The second kappa shape index (κ2) is 12.2. The maximum Gasteiger partial charge on any atom is 0.225 e. The van der Waals surface area contributed by atoms with E-state index in [1.165, 1.54) is 38.5 Å². The van der Waals surface area contributed by atoms with E-state index in [1.54, 1.807) is 0 Å². The average molecular weight is 308 g/mol. The van der Waals surface area contributed by atoms with Crippen LogP contribution in [0.5, 0.6) is 0 Å². The van der Waals surface area contributed by atoms with Gasteiger partial charge in [-0.1, -0.05) is 70.4 Å². The standard InChI is InChI=1S/C17H32N4O/c1-3-5-7-8-9-10-12-14-21-15-16(19-20-21)18-17(22)13-11-6-4-2/h15H,3-14H2,1-2H3,(H,18,22). The molecule has 0 aliphatic carbocycles. The minimum Gasteiger partial charge on any atom is -0.308 e. The van der Waals surface area contributed by atoms with Gasteiger partial charge in [0.2, 0.25) is 5.91 Å². The highest BCUT2D eigenvalue weighted by molar-refractivity contribution is 5.89. The van der Waals surface area contributed by atoms with Gasteiger partial charge in [0.1, 0.15) is 0 Å². The zero-order valence-electron chi connectivity index (χ0n) is 14.3. The molecule has 5 heteroatoms. The van der Waals surface area contributed by atoms with Crippen LogP contribution in [0.25, 0.3) is 0 Å². The van der Waals surface area contributed by atoms with E-state index in [0.29, 0.717) is 12.2 Å². The van der Waals surface area contributed by atoms with Gasteiger partial charge in [-0.15, -0.1) is 5.10 Å². The van der Waals surface area contributed by atoms with Crippen LogP contribution in [-0.2, 0) is 11.3 Å². The Morgan fingerprint density at radius 3 is 2.36 bits per heavy atom. The lowest BCUT2D eigenvalue weighted by Crippen LogP contribution is -2.11. The summed E-state index contributed by atoms with van der Waals surface area (Å²) in [5.74, 6) is 0.612. The van der Waals surface area contributed by atoms with Crippen LogP contribution in [0.15, 0.2) is 6.20 Å². The lowest BCUT2D eigenvalue weighted by molar-refractivity contribution is -0.116. The number of rotatable bonds is 13. The zero-order chi connectivity index (χ0) is 16.0. The molecule has 0 bridgehead atoms. The second-order valence-corrected chi connectivity index (χ2v) is 5.99. The van der Waals surface area contributed by atoms with E-state index in [2.05, 4.69) is 29.5 Å². The molecule has 0 aromatic carbocycles. The van der Waals surface area contributed by atoms with Gasteiger partial charge in [0.05, 0.1) is 6.20 Å². The summed E-state index contributed by atoms with van der Waals surface area (Å²) in [5, 5.41) is 10.9. The Morgan fingerprint density at radius 2 is 1.64 bits per heavy atom. The molecule has 0 saturated heterocycles. The molecule has 1 aromatic rings. The van der Waals surface area contributed by atoms with Gasteiger partial charge in [-0.2, -0.15) is 0 Å². The van der Waals surface area contributed by atoms with Crippen molar-refractivity contribution in [1.29, 1.82) is 0 Å². The van der Waals surface area contributed by atoms with Crippen LogP contribution in [0, 0.1) is 0 Å². The predicted molar refractivity (Wildman–Crippen MR) is 90.8 cm³/mol. The van der Waals surface area contributed by atoms with Gasteiger partial charge in [0, 0.05) is 13.0 Å². The van der Waals surface area contributed by atoms with Crippen LogP contribution < -0.4 is 5.32 Å². The fraction of sp³-hybridized carbons (Fsp3) is 0.824. The molecule has 0 aliphatic rings. The van der Waals surface area contributed by atoms with Gasteiger partial charge >= 0.3 is 0 Å². The van der Waals surface area contributed by atoms with Crippen molar-refractivity contribution in [3.05, 3.63) is 6.20 Å². The van der Waals surface area contributed by atoms with Crippen LogP contribution >= 0.6 is 0 Å². The summed E-state index contributed by atoms with van der Waals surface area (Å²) in [6, 6.07) is 0. The van der Waals surface area contributed by atoms with Gasteiger partial charge in [0.15, 0.2) is 5.82 Å². The van der Waals surface area contributed by atoms with Crippen molar-refractivity contribution in [3.63, 3.8) is 0 Å². The minimum absolute atomic E-state index is 0.0384. The molecule has 1 heterocycles. The number of hydrogen-bond acceptors (Lipinski definition) is 3. The van der Waals surface area contributed by atoms with Crippen LogP contribution in [0.2, 0.25) is 0 Å². The SMILES string of the molecule is CCCCCCCCCn1cc(NC(=O)CCCCC)nn1. The maximum atomic E-state index is 11.7. The molecule has 0 spiro atoms. The first-order chi connectivity index (χ1) is 10.8. The number of aryl methyl sites for hydroxylation is 1. The molecule has 0 unspecified atom stereocenters. The van der Waals surface area contributed by atoms with Gasteiger partial charge in [0.25, 0.3) is 0 Å². The fourth-order valence-electron chi connectivity index (χ4n) is 2.44. The molecule has 0 radical (unpaired) electrons. The molecule has 22 heavy (non-hydrogen) atoms. The molecular weight excluding hydrogens is 276 g/mol. The summed E-state index contributed by atoms with van der Waals surface area (Å²) in [6.07, 6.45) is 14.6. The number of carbonyl (C=O) groups is 1. The van der Waals surface area contributed by atoms with Crippen molar-refractivity contribution < 1.29 is 4.79 Å². The Labute approximate surface area is 134 Å². The third-order valence-electron chi connectivity index (χ3n) is 3.80. The van der Waals surface area contributed by atoms with Crippen LogP contribution in [0.3, 0.4) is 0 Å². The number of nitrogens with one attached hydrogen (secondary N) is 1. The Kier molecular flexibility index (Phi) is 10.3. The Morgan fingerprint density at radius 1 is 1.00 bits per heavy atom. The van der Waals surface area contributed by atoms with Crippen molar-refractivity contribution >= 4 is 11.7 Å². The first-order valence-corrected chi connectivity index (χ1v) is 8.96. The molecule has 1 amide bonds. The summed E-state index contributed by atoms with van der Waals surface area (Å²) in [7, 11) is 0. The normalized spacial score (nSPS) is 10.8. The lowest BCUT2D eigenvalue weighted by Gasteiger charge is -2.01. The van der Waals surface area contributed by atoms with Crippen LogP contribution in [0.1, 0.15) is 84.5 Å². The minimum atomic E-state index is 0.0384. The van der Waals surface area contributed by atoms with Gasteiger partial charge in [-0.3, -0.25) is 9.48 Å². The molecule has 126 valence electrons. The highest BCUT2D eigenvalue weighted by atomic mass is 16.1. The van der Waals surface area contributed by atoms with Crippen LogP contribution in [0.4, 0.5) is 5.82 Å². The summed E-state index contributed by atoms with van der Waals surface area (Å²) in [4.78, 5) is 11.7. The van der Waals surface area contributed by atoms with E-state index in [0.717, 1.165) is 32.2 Å². The molecular formula is C17H32N4O. The highest BCUT2D eigenvalue weighted by Crippen LogP contribution is 2.09. The number of amides is 1. The van der Waals surface area contributed by atoms with Crippen molar-refractivity contribution in [2.45, 2.75) is 91.0 Å². The van der Waals surface area contributed by atoms with E-state index in [-0.39, 0.29) is 5.91 Å². The zero-order valence-corrected chi connectivity index (χ0v) is 14.3. The Bertz CT molecular complexity index is 403. The Balaban J connectivity index is 2.12. The van der Waals surface area contributed by atoms with Crippen molar-refractivity contribution in [1.82, 2.24) is 15.0 Å². The molecule has 0 saturated carbocycles. The summed E-state index contributed by atoms with van der Waals surface area (Å²) >= 11 is 0. The molecule has 0 atom stereocenters. The van der Waals surface area contributed by atoms with Gasteiger partial charge < -0.3 is 5.32 Å². The van der Waals surface area contributed by atoms with Crippen LogP contribution in [-0.4, -0.2) is 20.9 Å². The van der Waals surface area contributed by atoms with E-state index in [4.69, 9.17) is 0 Å². The van der Waals surface area contributed by atoms with Crippen molar-refractivity contribution in [3.8, 4) is 0 Å². The monoisotopic (exact) mass is 308 g/mol. The van der Waals surface area contributed by atoms with Gasteiger partial charge in [-0.05, 0) is 12.8 Å². The van der Waals surface area contributed by atoms with E-state index in [9.17, 15) is 4.79 Å². The van der Waals surface area contributed by atoms with E-state index in [1.807, 2.05) is 10.9 Å². The second-order valence-electron chi connectivity index (χ2n) is 5.99. The first kappa shape index (κ1) is 18.7. The summed E-state index contributed by atoms with van der Waals surface area (Å²) < 4.78 is 1.83. The number of aromatic nitrogens is 3. The smallest absolute Gasteiger partial charge is 0.225 e. The average Bonchev–Trinajstić information content (AvgIpc) is 2.94. The van der Waals surface area contributed by atoms with Crippen molar-refractivity contribution in [2.75, 3.05) is 5.32 Å². The molecule has 1 aromatic heterocycles. The molecule has 0 aliphatic heterocycles. The number of anilines is 1. The quantitative estimate of drug-likeness (QED) is 0.544. The van der Waals surface area contributed by atoms with Crippen molar-refractivity contribution in [2.24, 2.45) is 0 Å². The molecule has 1 rings (SSSR count). The number of carbonyl (C=O) groups excluding carboxylic acids is 1. The number of hydrogen-bond donors (Lipinski definition) is 1. The predicted octanol–water partition coefficient (Wildman–Crippen LogP) is 4.55. The topological polar surface area (TPSA) is 59.8 Å². The third-order valence-corrected chi connectivity index (χ3v) is 3.80. The van der Waals surface area contributed by atoms with Gasteiger partial charge in [-0.25, -0.2) is 0 Å². The number of unbranched alkanes of at least 4 members (excludes halogenated alkanes) is 8. The lowest BCUT2D eigenvalue weighted by atomic mass is 10.1. The summed E-state index contributed by atoms with van der Waals surface area (Å²) in [5.41, 5.74) is 0. The maximum absolute atomic E-state index is 11.7. The fourth-order valence-corrected chi connectivity index (χ4v) is 2.44. The summed E-state index contributed by atoms with van der Waals surface area (Å²) in [6.45, 7) is 5.25. The highest BCUT2D eigenvalue weighted by Gasteiger charge is 2.05.